The summed E-state index contributed by atoms with van der Waals surface area (Å²) in [5.74, 6) is -1.37. The Labute approximate surface area is 193 Å². The maximum absolute atomic E-state index is 12.9. The van der Waals surface area contributed by atoms with Gasteiger partial charge in [-0.3, -0.25) is 4.84 Å². The van der Waals surface area contributed by atoms with Crippen LogP contribution in [-0.4, -0.2) is 28.3 Å². The van der Waals surface area contributed by atoms with Crippen LogP contribution in [0.1, 0.15) is 47.7 Å². The number of carbonyl (C=O) groups is 1. The number of allylic oxidation sites excluding steroid dienone is 2. The number of benzene rings is 2. The predicted molar refractivity (Wildman–Crippen MR) is 124 cm³/mol. The van der Waals surface area contributed by atoms with E-state index < -0.39 is 5.97 Å². The molecule has 2 aromatic rings. The molecule has 3 N–H and O–H groups in total. The minimum Gasteiger partial charge on any atom is -0.507 e. The Morgan fingerprint density at radius 1 is 1.12 bits per heavy atom. The molecule has 0 fully saturated rings. The minimum absolute atomic E-state index is 0.00217. The third-order valence-electron chi connectivity index (χ3n) is 5.08. The molecule has 0 saturated carbocycles. The summed E-state index contributed by atoms with van der Waals surface area (Å²) in [6, 6.07) is 10.4. The second kappa shape index (κ2) is 11.7. The van der Waals surface area contributed by atoms with Crippen LogP contribution in [0, 0.1) is 0 Å². The number of phenolic OH excluding ortho intramolecular Hbond substituents is 2. The molecule has 1 heterocycles. The van der Waals surface area contributed by atoms with E-state index in [4.69, 9.17) is 21.2 Å². The fraction of sp³-hybridized carbons (Fsp3) is 0.320. The fourth-order valence-corrected chi connectivity index (χ4v) is 3.65. The van der Waals surface area contributed by atoms with Crippen LogP contribution in [-0.2, 0) is 22.6 Å². The molecule has 0 bridgehead atoms. The Balaban J connectivity index is 1.89. The number of halogens is 1. The Bertz CT molecular complexity index is 974. The molecule has 32 heavy (non-hydrogen) atoms. The molecule has 7 heteroatoms. The van der Waals surface area contributed by atoms with E-state index in [2.05, 4.69) is 11.6 Å². The highest BCUT2D eigenvalue weighted by atomic mass is 35.5. The van der Waals surface area contributed by atoms with Gasteiger partial charge >= 0.3 is 5.97 Å². The number of hydrogen-bond acceptors (Lipinski definition) is 6. The summed E-state index contributed by atoms with van der Waals surface area (Å²) >= 11 is 6.36. The lowest BCUT2D eigenvalue weighted by atomic mass is 9.98. The van der Waals surface area contributed by atoms with E-state index in [0.29, 0.717) is 18.6 Å². The molecule has 0 spiro atoms. The van der Waals surface area contributed by atoms with Gasteiger partial charge in [0.05, 0.1) is 17.7 Å². The number of hydroxylamine groups is 1. The van der Waals surface area contributed by atoms with E-state index in [1.165, 1.54) is 0 Å². The molecule has 1 aliphatic rings. The van der Waals surface area contributed by atoms with Crippen LogP contribution in [0.5, 0.6) is 11.5 Å². The third kappa shape index (κ3) is 6.60. The molecule has 0 saturated heterocycles. The predicted octanol–water partition coefficient (Wildman–Crippen LogP) is 5.23. The van der Waals surface area contributed by atoms with Crippen LogP contribution < -0.4 is 5.48 Å². The monoisotopic (exact) mass is 457 g/mol. The summed E-state index contributed by atoms with van der Waals surface area (Å²) in [4.78, 5) is 18.5. The summed E-state index contributed by atoms with van der Waals surface area (Å²) in [7, 11) is 0. The normalized spacial score (nSPS) is 19.8. The lowest BCUT2D eigenvalue weighted by molar-refractivity contribution is 0.0133. The Morgan fingerprint density at radius 2 is 1.88 bits per heavy atom. The van der Waals surface area contributed by atoms with Gasteiger partial charge in [-0.1, -0.05) is 66.2 Å². The fourth-order valence-electron chi connectivity index (χ4n) is 3.43. The van der Waals surface area contributed by atoms with E-state index in [-0.39, 0.29) is 40.7 Å². The molecule has 2 atom stereocenters. The van der Waals surface area contributed by atoms with Gasteiger partial charge in [-0.15, -0.1) is 0 Å². The van der Waals surface area contributed by atoms with Gasteiger partial charge in [0.15, 0.2) is 0 Å². The molecular formula is C25H28ClNO5. The Morgan fingerprint density at radius 3 is 2.66 bits per heavy atom. The van der Waals surface area contributed by atoms with Gasteiger partial charge in [-0.05, 0) is 37.3 Å². The lowest BCUT2D eigenvalue weighted by Gasteiger charge is -2.20. The number of phenols is 2. The number of hydrogen-bond donors (Lipinski definition) is 3. The molecule has 3 rings (SSSR count). The Kier molecular flexibility index (Phi) is 8.73. The largest absolute Gasteiger partial charge is 0.507 e. The maximum Gasteiger partial charge on any atom is 0.342 e. The smallest absolute Gasteiger partial charge is 0.342 e. The standard InChI is InChI=1S/C25H28ClNO5/c1-17-10-6-3-2-4-9-13-19(27-31-16-18-11-7-5-8-12-18)14-20-23(25(30)32-17)21(28)15-22(29)24(20)26/h3,5-9,11-13,15,17,19,27-29H,2,4,10,14,16H2,1H3/t17-,19?/m1/s1. The highest BCUT2D eigenvalue weighted by Crippen LogP contribution is 2.37. The highest BCUT2D eigenvalue weighted by Gasteiger charge is 2.26. The zero-order chi connectivity index (χ0) is 22.9. The van der Waals surface area contributed by atoms with Crippen molar-refractivity contribution in [3.05, 3.63) is 82.4 Å². The average Bonchev–Trinajstić information content (AvgIpc) is 2.76. The summed E-state index contributed by atoms with van der Waals surface area (Å²) in [6.07, 6.45) is 10.0. The zero-order valence-corrected chi connectivity index (χ0v) is 18.7. The van der Waals surface area contributed by atoms with Crippen LogP contribution >= 0.6 is 11.6 Å². The number of fused-ring (bicyclic) bond motifs is 1. The van der Waals surface area contributed by atoms with Crippen LogP contribution in [0.4, 0.5) is 0 Å². The van der Waals surface area contributed by atoms with E-state index in [1.54, 1.807) is 6.92 Å². The summed E-state index contributed by atoms with van der Waals surface area (Å²) in [5.41, 5.74) is 4.24. The zero-order valence-electron chi connectivity index (χ0n) is 18.0. The molecule has 0 amide bonds. The number of rotatable bonds is 4. The van der Waals surface area contributed by atoms with Crippen molar-refractivity contribution in [3.63, 3.8) is 0 Å². The second-order valence-electron chi connectivity index (χ2n) is 7.71. The molecule has 2 aromatic carbocycles. The number of cyclic esters (lactones) is 1. The first-order chi connectivity index (χ1) is 15.5. The van der Waals surface area contributed by atoms with Crippen molar-refractivity contribution in [1.82, 2.24) is 5.48 Å². The van der Waals surface area contributed by atoms with Gasteiger partial charge in [-0.25, -0.2) is 4.79 Å². The number of ether oxygens (including phenoxy) is 1. The highest BCUT2D eigenvalue weighted by molar-refractivity contribution is 6.33. The number of nitrogens with one attached hydrogen (secondary N) is 1. The molecular weight excluding hydrogens is 430 g/mol. The molecule has 0 radical (unpaired) electrons. The SMILES string of the molecule is C[C@@H]1CC=CCCC=CC(NOCc2ccccc2)Cc2c(Cl)c(O)cc(O)c2C(=O)O1. The van der Waals surface area contributed by atoms with Crippen molar-refractivity contribution in [2.24, 2.45) is 0 Å². The first-order valence-electron chi connectivity index (χ1n) is 10.6. The van der Waals surface area contributed by atoms with Gasteiger partial charge in [-0.2, -0.15) is 5.48 Å². The van der Waals surface area contributed by atoms with Crippen LogP contribution in [0.25, 0.3) is 0 Å². The first kappa shape index (κ1) is 23.9. The molecule has 0 aromatic heterocycles. The molecule has 170 valence electrons. The van der Waals surface area contributed by atoms with Crippen molar-refractivity contribution in [3.8, 4) is 11.5 Å². The minimum atomic E-state index is -0.690. The van der Waals surface area contributed by atoms with Crippen LogP contribution in [0.2, 0.25) is 5.02 Å². The van der Waals surface area contributed by atoms with Crippen LogP contribution in [0.3, 0.4) is 0 Å². The van der Waals surface area contributed by atoms with Crippen molar-refractivity contribution in [2.45, 2.75) is 51.4 Å². The molecule has 1 unspecified atom stereocenters. The third-order valence-corrected chi connectivity index (χ3v) is 5.50. The molecule has 1 aliphatic heterocycles. The lowest BCUT2D eigenvalue weighted by Crippen LogP contribution is -2.30. The van der Waals surface area contributed by atoms with Gasteiger partial charge in [0.25, 0.3) is 0 Å². The van der Waals surface area contributed by atoms with Gasteiger partial charge < -0.3 is 14.9 Å². The van der Waals surface area contributed by atoms with Crippen molar-refractivity contribution in [2.75, 3.05) is 0 Å². The Hall–Kier alpha value is -2.80. The summed E-state index contributed by atoms with van der Waals surface area (Å²) in [6.45, 7) is 2.13. The average molecular weight is 458 g/mol. The number of esters is 1. The number of aromatic hydroxyl groups is 2. The van der Waals surface area contributed by atoms with Gasteiger partial charge in [0, 0.05) is 12.5 Å². The molecule has 6 nitrogen and oxygen atoms in total. The first-order valence-corrected chi connectivity index (χ1v) is 11.0. The number of carbonyl (C=O) groups excluding carboxylic acids is 1. The maximum atomic E-state index is 12.9. The van der Waals surface area contributed by atoms with E-state index in [1.807, 2.05) is 48.6 Å². The molecule has 0 aliphatic carbocycles. The quantitative estimate of drug-likeness (QED) is 0.331. The second-order valence-corrected chi connectivity index (χ2v) is 8.09. The van der Waals surface area contributed by atoms with Crippen molar-refractivity contribution >= 4 is 17.6 Å². The van der Waals surface area contributed by atoms with Gasteiger partial charge in [0.2, 0.25) is 0 Å². The van der Waals surface area contributed by atoms with Gasteiger partial charge in [0.1, 0.15) is 23.2 Å². The van der Waals surface area contributed by atoms with E-state index >= 15 is 0 Å². The van der Waals surface area contributed by atoms with Crippen molar-refractivity contribution < 1.29 is 24.6 Å². The van der Waals surface area contributed by atoms with Crippen molar-refractivity contribution in [1.29, 1.82) is 0 Å². The topological polar surface area (TPSA) is 88.0 Å². The van der Waals surface area contributed by atoms with E-state index in [0.717, 1.165) is 24.5 Å². The summed E-state index contributed by atoms with van der Waals surface area (Å²) in [5, 5.41) is 20.6. The van der Waals surface area contributed by atoms with Crippen LogP contribution in [0.15, 0.2) is 60.7 Å². The summed E-state index contributed by atoms with van der Waals surface area (Å²) < 4.78 is 5.51. The van der Waals surface area contributed by atoms with E-state index in [9.17, 15) is 15.0 Å².